The lowest BCUT2D eigenvalue weighted by molar-refractivity contribution is 0.206. The van der Waals surface area contributed by atoms with E-state index >= 15 is 0 Å². The molecule has 2 aromatic carbocycles. The van der Waals surface area contributed by atoms with Gasteiger partial charge in [0.1, 0.15) is 5.75 Å². The minimum Gasteiger partial charge on any atom is -0.508 e. The number of benzene rings is 2. The SMILES string of the molecule is C#CCN1CCc2cc(O)cc3c2[C@H]1Cc1ccc(O)c(O)c1-3. The van der Waals surface area contributed by atoms with Gasteiger partial charge in [-0.1, -0.05) is 12.0 Å². The molecule has 1 heterocycles. The molecule has 4 heteroatoms. The van der Waals surface area contributed by atoms with Gasteiger partial charge in [-0.05, 0) is 53.3 Å². The zero-order chi connectivity index (χ0) is 16.1. The molecule has 1 atom stereocenters. The van der Waals surface area contributed by atoms with Crippen LogP contribution in [0.25, 0.3) is 11.1 Å². The summed E-state index contributed by atoms with van der Waals surface area (Å²) in [6.07, 6.45) is 7.05. The van der Waals surface area contributed by atoms with Crippen LogP contribution in [0.5, 0.6) is 17.2 Å². The second kappa shape index (κ2) is 4.94. The van der Waals surface area contributed by atoms with Crippen LogP contribution in [-0.4, -0.2) is 33.3 Å². The van der Waals surface area contributed by atoms with E-state index in [2.05, 4.69) is 10.8 Å². The van der Waals surface area contributed by atoms with Crippen molar-refractivity contribution in [3.8, 4) is 40.7 Å². The number of hydrogen-bond donors (Lipinski definition) is 3. The number of fused-ring (bicyclic) bond motifs is 2. The van der Waals surface area contributed by atoms with Crippen LogP contribution in [0, 0.1) is 12.3 Å². The van der Waals surface area contributed by atoms with E-state index in [9.17, 15) is 15.3 Å². The molecule has 23 heavy (non-hydrogen) atoms. The van der Waals surface area contributed by atoms with Crippen LogP contribution in [0.3, 0.4) is 0 Å². The molecular formula is C19H17NO3. The zero-order valence-electron chi connectivity index (χ0n) is 12.6. The molecule has 0 fully saturated rings. The van der Waals surface area contributed by atoms with Crippen molar-refractivity contribution in [2.24, 2.45) is 0 Å². The first kappa shape index (κ1) is 14.0. The minimum absolute atomic E-state index is 0.122. The molecule has 116 valence electrons. The van der Waals surface area contributed by atoms with Gasteiger partial charge in [0.05, 0.1) is 6.54 Å². The lowest BCUT2D eigenvalue weighted by Gasteiger charge is -2.41. The predicted molar refractivity (Wildman–Crippen MR) is 87.4 cm³/mol. The van der Waals surface area contributed by atoms with E-state index in [1.807, 2.05) is 6.07 Å². The summed E-state index contributed by atoms with van der Waals surface area (Å²) in [6.45, 7) is 1.42. The van der Waals surface area contributed by atoms with E-state index < -0.39 is 0 Å². The standard InChI is InChI=1S/C19H17NO3/c1-2-6-20-7-5-12-8-13(21)10-14-17(12)15(20)9-11-3-4-16(22)19(23)18(11)14/h1,3-4,8,10,15,21-23H,5-7,9H2/t15-/m1/s1. The molecule has 1 aliphatic carbocycles. The van der Waals surface area contributed by atoms with Gasteiger partial charge in [0.25, 0.3) is 0 Å². The fourth-order valence-electron chi connectivity index (χ4n) is 3.94. The van der Waals surface area contributed by atoms with Gasteiger partial charge in [-0.25, -0.2) is 0 Å². The molecule has 0 aromatic heterocycles. The predicted octanol–water partition coefficient (Wildman–Crippen LogP) is 2.56. The van der Waals surface area contributed by atoms with Gasteiger partial charge in [-0.15, -0.1) is 6.42 Å². The Kier molecular flexibility index (Phi) is 3.00. The number of terminal acetylenes is 1. The maximum absolute atomic E-state index is 10.3. The summed E-state index contributed by atoms with van der Waals surface area (Å²) in [5.74, 6) is 2.63. The largest absolute Gasteiger partial charge is 0.508 e. The summed E-state index contributed by atoms with van der Waals surface area (Å²) < 4.78 is 0. The molecule has 2 aromatic rings. The second-order valence-corrected chi connectivity index (χ2v) is 6.18. The van der Waals surface area contributed by atoms with Crippen LogP contribution in [0.1, 0.15) is 22.7 Å². The highest BCUT2D eigenvalue weighted by atomic mass is 16.3. The summed E-state index contributed by atoms with van der Waals surface area (Å²) in [7, 11) is 0. The van der Waals surface area contributed by atoms with E-state index in [0.717, 1.165) is 41.6 Å². The van der Waals surface area contributed by atoms with Gasteiger partial charge in [0, 0.05) is 18.2 Å². The van der Waals surface area contributed by atoms with E-state index in [1.54, 1.807) is 12.1 Å². The summed E-state index contributed by atoms with van der Waals surface area (Å²) in [6, 6.07) is 6.95. The fourth-order valence-corrected chi connectivity index (χ4v) is 3.94. The average Bonchev–Trinajstić information content (AvgIpc) is 2.53. The summed E-state index contributed by atoms with van der Waals surface area (Å²) in [4.78, 5) is 2.26. The van der Waals surface area contributed by atoms with Crippen LogP contribution in [0.2, 0.25) is 0 Å². The van der Waals surface area contributed by atoms with E-state index in [-0.39, 0.29) is 23.3 Å². The van der Waals surface area contributed by atoms with Crippen molar-refractivity contribution >= 4 is 0 Å². The van der Waals surface area contributed by atoms with Crippen LogP contribution < -0.4 is 0 Å². The first-order valence-electron chi connectivity index (χ1n) is 7.67. The van der Waals surface area contributed by atoms with Crippen molar-refractivity contribution in [1.29, 1.82) is 0 Å². The van der Waals surface area contributed by atoms with Crippen molar-refractivity contribution in [2.75, 3.05) is 13.1 Å². The third-order valence-corrected chi connectivity index (χ3v) is 4.91. The van der Waals surface area contributed by atoms with Crippen molar-refractivity contribution < 1.29 is 15.3 Å². The Balaban J connectivity index is 2.00. The third-order valence-electron chi connectivity index (χ3n) is 4.91. The monoisotopic (exact) mass is 307 g/mol. The van der Waals surface area contributed by atoms with Crippen molar-refractivity contribution in [1.82, 2.24) is 4.90 Å². The number of aromatic hydroxyl groups is 3. The summed E-state index contributed by atoms with van der Waals surface area (Å²) >= 11 is 0. The molecule has 1 aliphatic heterocycles. The fraction of sp³-hybridized carbons (Fsp3) is 0.263. The van der Waals surface area contributed by atoms with Crippen LogP contribution >= 0.6 is 0 Å². The molecule has 2 aliphatic rings. The van der Waals surface area contributed by atoms with Gasteiger partial charge in [0.15, 0.2) is 11.5 Å². The van der Waals surface area contributed by atoms with Gasteiger partial charge in [0.2, 0.25) is 0 Å². The molecule has 0 saturated heterocycles. The Labute approximate surface area is 134 Å². The molecule has 3 N–H and O–H groups in total. The number of nitrogens with zero attached hydrogens (tertiary/aromatic N) is 1. The molecule has 0 unspecified atom stereocenters. The first-order chi connectivity index (χ1) is 11.1. The minimum atomic E-state index is -0.143. The molecule has 4 rings (SSSR count). The Morgan fingerprint density at radius 3 is 2.78 bits per heavy atom. The molecule has 4 nitrogen and oxygen atoms in total. The lowest BCUT2D eigenvalue weighted by Crippen LogP contribution is -2.38. The summed E-state index contributed by atoms with van der Waals surface area (Å²) in [5.41, 5.74) is 4.57. The van der Waals surface area contributed by atoms with Crippen molar-refractivity contribution in [2.45, 2.75) is 18.9 Å². The Morgan fingerprint density at radius 1 is 1.17 bits per heavy atom. The topological polar surface area (TPSA) is 63.9 Å². The molecule has 0 saturated carbocycles. The van der Waals surface area contributed by atoms with E-state index in [1.165, 1.54) is 6.07 Å². The molecule has 0 bridgehead atoms. The van der Waals surface area contributed by atoms with Crippen molar-refractivity contribution in [3.63, 3.8) is 0 Å². The normalized spacial score (nSPS) is 18.8. The maximum atomic E-state index is 10.3. The average molecular weight is 307 g/mol. The summed E-state index contributed by atoms with van der Waals surface area (Å²) in [5, 5.41) is 30.3. The highest BCUT2D eigenvalue weighted by molar-refractivity contribution is 5.83. The number of phenolic OH excluding ortho intramolecular Hbond substituents is 3. The Hall–Kier alpha value is -2.64. The van der Waals surface area contributed by atoms with Gasteiger partial charge < -0.3 is 15.3 Å². The highest BCUT2D eigenvalue weighted by Crippen LogP contribution is 2.51. The van der Waals surface area contributed by atoms with E-state index in [4.69, 9.17) is 6.42 Å². The zero-order valence-corrected chi connectivity index (χ0v) is 12.6. The molecule has 0 radical (unpaired) electrons. The number of hydrogen-bond acceptors (Lipinski definition) is 4. The molecular weight excluding hydrogens is 290 g/mol. The van der Waals surface area contributed by atoms with Gasteiger partial charge in [-0.2, -0.15) is 0 Å². The number of rotatable bonds is 1. The van der Waals surface area contributed by atoms with Crippen molar-refractivity contribution in [3.05, 3.63) is 41.0 Å². The first-order valence-corrected chi connectivity index (χ1v) is 7.67. The van der Waals surface area contributed by atoms with Gasteiger partial charge in [-0.3, -0.25) is 4.90 Å². The molecule has 0 amide bonds. The van der Waals surface area contributed by atoms with Crippen LogP contribution in [0.4, 0.5) is 0 Å². The third kappa shape index (κ3) is 1.97. The Bertz CT molecular complexity index is 851. The smallest absolute Gasteiger partial charge is 0.165 e. The van der Waals surface area contributed by atoms with E-state index in [0.29, 0.717) is 12.1 Å². The number of phenols is 3. The maximum Gasteiger partial charge on any atom is 0.165 e. The lowest BCUT2D eigenvalue weighted by atomic mass is 9.76. The molecule has 0 spiro atoms. The Morgan fingerprint density at radius 2 is 2.00 bits per heavy atom. The van der Waals surface area contributed by atoms with Crippen LogP contribution in [-0.2, 0) is 12.8 Å². The highest BCUT2D eigenvalue weighted by Gasteiger charge is 2.35. The quantitative estimate of drug-likeness (QED) is 0.560. The second-order valence-electron chi connectivity index (χ2n) is 6.18. The van der Waals surface area contributed by atoms with Crippen LogP contribution in [0.15, 0.2) is 24.3 Å². The van der Waals surface area contributed by atoms with Gasteiger partial charge >= 0.3 is 0 Å².